The van der Waals surface area contributed by atoms with Crippen molar-refractivity contribution in [3.05, 3.63) is 53.8 Å². The Hall–Kier alpha value is -2.76. The van der Waals surface area contributed by atoms with Gasteiger partial charge in [0.1, 0.15) is 11.6 Å². The molecule has 0 saturated heterocycles. The Kier molecular flexibility index (Phi) is 8.11. The van der Waals surface area contributed by atoms with Gasteiger partial charge in [0.2, 0.25) is 0 Å². The van der Waals surface area contributed by atoms with Crippen LogP contribution in [0.3, 0.4) is 0 Å². The third-order valence-electron chi connectivity index (χ3n) is 4.18. The molecular weight excluding hydrogens is 361 g/mol. The van der Waals surface area contributed by atoms with E-state index in [4.69, 9.17) is 14.2 Å². The molecule has 28 heavy (non-hydrogen) atoms. The van der Waals surface area contributed by atoms with Crippen molar-refractivity contribution < 1.29 is 23.4 Å². The van der Waals surface area contributed by atoms with Crippen LogP contribution in [0.4, 0.5) is 4.39 Å². The number of amides is 1. The van der Waals surface area contributed by atoms with Crippen molar-refractivity contribution in [2.24, 2.45) is 0 Å². The molecule has 2 aromatic carbocycles. The monoisotopic (exact) mass is 389 g/mol. The minimum atomic E-state index is -0.665. The Bertz CT molecular complexity index is 764. The molecule has 2 atom stereocenters. The average Bonchev–Trinajstić information content (AvgIpc) is 2.69. The van der Waals surface area contributed by atoms with E-state index in [1.807, 2.05) is 45.9 Å². The average molecular weight is 389 g/mol. The molecule has 0 bridgehead atoms. The number of carbonyl (C=O) groups excluding carboxylic acids is 1. The number of ether oxygens (including phenoxy) is 3. The Morgan fingerprint density at radius 2 is 1.64 bits per heavy atom. The molecule has 0 radical (unpaired) electrons. The van der Waals surface area contributed by atoms with E-state index in [0.29, 0.717) is 36.9 Å². The quantitative estimate of drug-likeness (QED) is 0.642. The first-order valence-corrected chi connectivity index (χ1v) is 9.60. The number of rotatable bonds is 10. The van der Waals surface area contributed by atoms with Crippen LogP contribution in [-0.4, -0.2) is 25.2 Å². The van der Waals surface area contributed by atoms with Crippen LogP contribution in [0, 0.1) is 5.82 Å². The van der Waals surface area contributed by atoms with E-state index in [-0.39, 0.29) is 17.8 Å². The van der Waals surface area contributed by atoms with Crippen molar-refractivity contribution >= 4 is 5.91 Å². The second-order valence-electron chi connectivity index (χ2n) is 6.27. The normalized spacial score (nSPS) is 12.8. The summed E-state index contributed by atoms with van der Waals surface area (Å²) in [4.78, 5) is 12.6. The Balaban J connectivity index is 2.06. The summed E-state index contributed by atoms with van der Waals surface area (Å²) >= 11 is 0. The third kappa shape index (κ3) is 5.87. The van der Waals surface area contributed by atoms with Crippen LogP contribution in [0.2, 0.25) is 0 Å². The van der Waals surface area contributed by atoms with Gasteiger partial charge in [-0.2, -0.15) is 0 Å². The second-order valence-corrected chi connectivity index (χ2v) is 6.27. The maximum atomic E-state index is 13.0. The molecule has 1 N–H and O–H groups in total. The summed E-state index contributed by atoms with van der Waals surface area (Å²) in [6.07, 6.45) is -0.175. The Labute approximate surface area is 165 Å². The molecule has 2 aromatic rings. The van der Waals surface area contributed by atoms with Gasteiger partial charge in [0.05, 0.1) is 19.3 Å². The summed E-state index contributed by atoms with van der Waals surface area (Å²) < 4.78 is 30.0. The van der Waals surface area contributed by atoms with Gasteiger partial charge in [0.25, 0.3) is 5.91 Å². The maximum Gasteiger partial charge on any atom is 0.261 e. The maximum absolute atomic E-state index is 13.0. The lowest BCUT2D eigenvalue weighted by Crippen LogP contribution is -2.39. The molecule has 0 saturated carbocycles. The van der Waals surface area contributed by atoms with Crippen molar-refractivity contribution in [2.75, 3.05) is 13.2 Å². The number of nitrogens with one attached hydrogen (secondary N) is 1. The Morgan fingerprint density at radius 3 is 2.25 bits per heavy atom. The zero-order chi connectivity index (χ0) is 20.5. The van der Waals surface area contributed by atoms with E-state index in [9.17, 15) is 9.18 Å². The first kappa shape index (κ1) is 21.5. The van der Waals surface area contributed by atoms with Crippen LogP contribution in [-0.2, 0) is 4.79 Å². The fraction of sp³-hybridized carbons (Fsp3) is 0.409. The van der Waals surface area contributed by atoms with Gasteiger partial charge in [-0.1, -0.05) is 13.0 Å². The minimum absolute atomic E-state index is 0.230. The van der Waals surface area contributed by atoms with Gasteiger partial charge in [0, 0.05) is 0 Å². The van der Waals surface area contributed by atoms with Crippen molar-refractivity contribution in [1.29, 1.82) is 0 Å². The smallest absolute Gasteiger partial charge is 0.261 e. The molecule has 0 fully saturated rings. The van der Waals surface area contributed by atoms with Crippen molar-refractivity contribution in [2.45, 2.75) is 46.3 Å². The molecule has 0 heterocycles. The summed E-state index contributed by atoms with van der Waals surface area (Å²) in [6.45, 7) is 8.65. The number of hydrogen-bond donors (Lipinski definition) is 1. The number of hydrogen-bond acceptors (Lipinski definition) is 4. The first-order valence-electron chi connectivity index (χ1n) is 9.60. The van der Waals surface area contributed by atoms with Gasteiger partial charge < -0.3 is 19.5 Å². The van der Waals surface area contributed by atoms with E-state index in [1.54, 1.807) is 0 Å². The van der Waals surface area contributed by atoms with Gasteiger partial charge in [0.15, 0.2) is 17.6 Å². The van der Waals surface area contributed by atoms with Crippen LogP contribution >= 0.6 is 0 Å². The highest BCUT2D eigenvalue weighted by atomic mass is 19.1. The van der Waals surface area contributed by atoms with Gasteiger partial charge in [-0.3, -0.25) is 4.79 Å². The molecule has 152 valence electrons. The molecule has 0 unspecified atom stereocenters. The topological polar surface area (TPSA) is 56.8 Å². The lowest BCUT2D eigenvalue weighted by molar-refractivity contribution is -0.128. The SMILES string of the molecule is CCOc1ccc([C@@H](C)NC(=O)[C@H](CC)Oc2ccc(F)cc2)cc1OCC. The number of benzene rings is 2. The van der Waals surface area contributed by atoms with Crippen LogP contribution in [0.15, 0.2) is 42.5 Å². The second kappa shape index (κ2) is 10.5. The molecule has 0 aliphatic carbocycles. The van der Waals surface area contributed by atoms with E-state index in [2.05, 4.69) is 5.32 Å². The summed E-state index contributed by atoms with van der Waals surface area (Å²) in [5.74, 6) is 1.20. The third-order valence-corrected chi connectivity index (χ3v) is 4.18. The number of halogens is 1. The van der Waals surface area contributed by atoms with Crippen LogP contribution in [0.5, 0.6) is 17.2 Å². The summed E-state index contributed by atoms with van der Waals surface area (Å²) in [5.41, 5.74) is 0.900. The number of carbonyl (C=O) groups is 1. The van der Waals surface area contributed by atoms with Crippen LogP contribution < -0.4 is 19.5 Å². The molecule has 2 rings (SSSR count). The molecule has 0 spiro atoms. The van der Waals surface area contributed by atoms with Crippen molar-refractivity contribution in [3.8, 4) is 17.2 Å². The van der Waals surface area contributed by atoms with Gasteiger partial charge in [-0.05, 0) is 69.2 Å². The summed E-state index contributed by atoms with van der Waals surface area (Å²) in [7, 11) is 0. The molecule has 5 nitrogen and oxygen atoms in total. The van der Waals surface area contributed by atoms with Crippen LogP contribution in [0.1, 0.15) is 45.7 Å². The highest BCUT2D eigenvalue weighted by molar-refractivity contribution is 5.81. The predicted molar refractivity (Wildman–Crippen MR) is 106 cm³/mol. The predicted octanol–water partition coefficient (Wildman–Crippen LogP) is 4.66. The zero-order valence-corrected chi connectivity index (χ0v) is 16.8. The molecule has 0 aliphatic heterocycles. The highest BCUT2D eigenvalue weighted by Gasteiger charge is 2.21. The van der Waals surface area contributed by atoms with Gasteiger partial charge in [-0.15, -0.1) is 0 Å². The van der Waals surface area contributed by atoms with E-state index in [1.165, 1.54) is 24.3 Å². The first-order chi connectivity index (χ1) is 13.5. The Morgan fingerprint density at radius 1 is 1.00 bits per heavy atom. The fourth-order valence-corrected chi connectivity index (χ4v) is 2.73. The fourth-order valence-electron chi connectivity index (χ4n) is 2.73. The molecule has 6 heteroatoms. The lowest BCUT2D eigenvalue weighted by atomic mass is 10.1. The van der Waals surface area contributed by atoms with E-state index < -0.39 is 6.10 Å². The van der Waals surface area contributed by atoms with Gasteiger partial charge >= 0.3 is 0 Å². The molecule has 0 aliphatic rings. The standard InChI is InChI=1S/C22H28FNO4/c1-5-19(28-18-11-9-17(23)10-12-18)22(25)24-15(4)16-8-13-20(26-6-2)21(14-16)27-7-3/h8-15,19H,5-7H2,1-4H3,(H,24,25)/t15-,19+/m1/s1. The lowest BCUT2D eigenvalue weighted by Gasteiger charge is -2.21. The molecule has 0 aromatic heterocycles. The molecular formula is C22H28FNO4. The van der Waals surface area contributed by atoms with Gasteiger partial charge in [-0.25, -0.2) is 4.39 Å². The summed E-state index contributed by atoms with van der Waals surface area (Å²) in [6, 6.07) is 11.0. The van der Waals surface area contributed by atoms with E-state index in [0.717, 1.165) is 5.56 Å². The summed E-state index contributed by atoms with van der Waals surface area (Å²) in [5, 5.41) is 2.97. The molecule has 1 amide bonds. The zero-order valence-electron chi connectivity index (χ0n) is 16.8. The largest absolute Gasteiger partial charge is 0.490 e. The van der Waals surface area contributed by atoms with Crippen LogP contribution in [0.25, 0.3) is 0 Å². The minimum Gasteiger partial charge on any atom is -0.490 e. The van der Waals surface area contributed by atoms with E-state index >= 15 is 0 Å². The van der Waals surface area contributed by atoms with Crippen molar-refractivity contribution in [1.82, 2.24) is 5.32 Å². The highest BCUT2D eigenvalue weighted by Crippen LogP contribution is 2.30. The van der Waals surface area contributed by atoms with Crippen molar-refractivity contribution in [3.63, 3.8) is 0 Å².